The van der Waals surface area contributed by atoms with E-state index < -0.39 is 0 Å². The Bertz CT molecular complexity index is 678. The van der Waals surface area contributed by atoms with Gasteiger partial charge in [0.15, 0.2) is 0 Å². The minimum atomic E-state index is -0.265. The molecule has 0 aromatic carbocycles. The zero-order valence-corrected chi connectivity index (χ0v) is 16.8. The summed E-state index contributed by atoms with van der Waals surface area (Å²) >= 11 is 0. The lowest BCUT2D eigenvalue weighted by Crippen LogP contribution is -2.37. The summed E-state index contributed by atoms with van der Waals surface area (Å²) in [6.07, 6.45) is 5.47. The average Bonchev–Trinajstić information content (AvgIpc) is 2.64. The summed E-state index contributed by atoms with van der Waals surface area (Å²) in [5.74, 6) is -0.304. The summed E-state index contributed by atoms with van der Waals surface area (Å²) in [4.78, 5) is 20.7. The fourth-order valence-corrected chi connectivity index (χ4v) is 2.46. The highest BCUT2D eigenvalue weighted by atomic mass is 19.1. The second kappa shape index (κ2) is 11.3. The summed E-state index contributed by atoms with van der Waals surface area (Å²) in [6.45, 7) is 6.67. The third-order valence-corrected chi connectivity index (χ3v) is 4.20. The van der Waals surface area contributed by atoms with Gasteiger partial charge in [0, 0.05) is 19.5 Å². The van der Waals surface area contributed by atoms with Crippen LogP contribution in [0.3, 0.4) is 0 Å². The molecule has 0 fully saturated rings. The molecule has 0 aromatic heterocycles. The molecule has 0 radical (unpaired) electrons. The second-order valence-corrected chi connectivity index (χ2v) is 6.42. The molecule has 0 saturated heterocycles. The van der Waals surface area contributed by atoms with E-state index in [0.29, 0.717) is 23.7 Å². The SMILES string of the molecule is C/N=C(/C)C(/N=C(\C)C(=O)NCCCNC)=C(N)NC1C=CC(F)=CC1C. The third kappa shape index (κ3) is 7.34. The Morgan fingerprint density at radius 3 is 2.59 bits per heavy atom. The van der Waals surface area contributed by atoms with Crippen molar-refractivity contribution in [3.05, 3.63) is 35.6 Å². The van der Waals surface area contributed by atoms with E-state index in [9.17, 15) is 9.18 Å². The van der Waals surface area contributed by atoms with Crippen LogP contribution in [0.25, 0.3) is 0 Å². The fraction of sp³-hybridized carbons (Fsp3) is 0.526. The van der Waals surface area contributed by atoms with Gasteiger partial charge in [0.25, 0.3) is 5.91 Å². The molecule has 0 bridgehead atoms. The number of halogens is 1. The van der Waals surface area contributed by atoms with Gasteiger partial charge in [0.1, 0.15) is 23.1 Å². The minimum absolute atomic E-state index is 0.0748. The van der Waals surface area contributed by atoms with Crippen LogP contribution in [0.15, 0.2) is 45.6 Å². The van der Waals surface area contributed by atoms with Gasteiger partial charge in [0.05, 0.1) is 11.8 Å². The van der Waals surface area contributed by atoms with E-state index >= 15 is 0 Å². The molecular formula is C19H31FN6O. The van der Waals surface area contributed by atoms with Crippen LogP contribution in [0.5, 0.6) is 0 Å². The predicted octanol–water partition coefficient (Wildman–Crippen LogP) is 1.41. The molecule has 27 heavy (non-hydrogen) atoms. The summed E-state index contributed by atoms with van der Waals surface area (Å²) in [6, 6.07) is -0.171. The molecule has 1 aliphatic rings. The van der Waals surface area contributed by atoms with Gasteiger partial charge in [-0.2, -0.15) is 0 Å². The number of hydrogen-bond donors (Lipinski definition) is 4. The number of carbonyl (C=O) groups excluding carboxylic acids is 1. The standard InChI is InChI=1S/C19H31FN6O/c1-12-11-15(20)7-8-16(12)26-18(21)17(13(2)23-5)25-14(3)19(27)24-10-6-9-22-4/h7-8,11-12,16,22,26H,6,9-10,21H2,1-5H3,(H,24,27)/b18-17?,23-13-,25-14+. The number of allylic oxidation sites excluding steroid dienone is 3. The summed E-state index contributed by atoms with van der Waals surface area (Å²) < 4.78 is 13.3. The van der Waals surface area contributed by atoms with Crippen LogP contribution in [0.4, 0.5) is 4.39 Å². The van der Waals surface area contributed by atoms with Crippen LogP contribution in [0.2, 0.25) is 0 Å². The van der Waals surface area contributed by atoms with Gasteiger partial charge >= 0.3 is 0 Å². The molecular weight excluding hydrogens is 347 g/mol. The van der Waals surface area contributed by atoms with Gasteiger partial charge in [-0.1, -0.05) is 13.0 Å². The highest BCUT2D eigenvalue weighted by Crippen LogP contribution is 2.18. The smallest absolute Gasteiger partial charge is 0.265 e. The van der Waals surface area contributed by atoms with Crippen LogP contribution < -0.4 is 21.7 Å². The second-order valence-electron chi connectivity index (χ2n) is 6.42. The first kappa shape index (κ1) is 22.6. The summed E-state index contributed by atoms with van der Waals surface area (Å²) in [5, 5.41) is 8.98. The average molecular weight is 378 g/mol. The maximum Gasteiger partial charge on any atom is 0.265 e. The van der Waals surface area contributed by atoms with E-state index in [0.717, 1.165) is 13.0 Å². The number of aliphatic imine (C=N–C) groups is 2. The first-order chi connectivity index (χ1) is 12.8. The fourth-order valence-electron chi connectivity index (χ4n) is 2.46. The van der Waals surface area contributed by atoms with Gasteiger partial charge in [-0.15, -0.1) is 0 Å². The van der Waals surface area contributed by atoms with E-state index in [4.69, 9.17) is 5.73 Å². The number of carbonyl (C=O) groups is 1. The van der Waals surface area contributed by atoms with Crippen molar-refractivity contribution in [2.24, 2.45) is 21.6 Å². The van der Waals surface area contributed by atoms with Crippen LogP contribution in [0.1, 0.15) is 27.2 Å². The molecule has 2 atom stereocenters. The van der Waals surface area contributed by atoms with Crippen molar-refractivity contribution < 1.29 is 9.18 Å². The number of hydrogen-bond acceptors (Lipinski definition) is 6. The third-order valence-electron chi connectivity index (χ3n) is 4.20. The quantitative estimate of drug-likeness (QED) is 0.360. The molecule has 1 amide bonds. The van der Waals surface area contributed by atoms with Crippen LogP contribution in [0, 0.1) is 5.92 Å². The number of rotatable bonds is 9. The molecule has 0 heterocycles. The zero-order chi connectivity index (χ0) is 20.4. The molecule has 5 N–H and O–H groups in total. The molecule has 1 aliphatic carbocycles. The minimum Gasteiger partial charge on any atom is -0.384 e. The Morgan fingerprint density at radius 2 is 2.00 bits per heavy atom. The predicted molar refractivity (Wildman–Crippen MR) is 109 cm³/mol. The van der Waals surface area contributed by atoms with Crippen molar-refractivity contribution in [3.63, 3.8) is 0 Å². The normalized spacial score (nSPS) is 21.5. The Labute approximate surface area is 160 Å². The van der Waals surface area contributed by atoms with Crippen molar-refractivity contribution >= 4 is 17.3 Å². The molecule has 0 spiro atoms. The van der Waals surface area contributed by atoms with Crippen molar-refractivity contribution in [1.82, 2.24) is 16.0 Å². The van der Waals surface area contributed by atoms with Gasteiger partial charge in [-0.25, -0.2) is 9.38 Å². The summed E-state index contributed by atoms with van der Waals surface area (Å²) in [7, 11) is 3.49. The lowest BCUT2D eigenvalue weighted by Gasteiger charge is -2.24. The van der Waals surface area contributed by atoms with Crippen molar-refractivity contribution in [1.29, 1.82) is 0 Å². The van der Waals surface area contributed by atoms with Gasteiger partial charge in [-0.3, -0.25) is 9.79 Å². The Morgan fingerprint density at radius 1 is 1.30 bits per heavy atom. The maximum atomic E-state index is 13.3. The van der Waals surface area contributed by atoms with E-state index in [-0.39, 0.29) is 29.5 Å². The van der Waals surface area contributed by atoms with Gasteiger partial charge in [-0.05, 0) is 46.0 Å². The highest BCUT2D eigenvalue weighted by molar-refractivity contribution is 6.38. The molecule has 7 nitrogen and oxygen atoms in total. The van der Waals surface area contributed by atoms with E-state index in [1.807, 2.05) is 14.0 Å². The summed E-state index contributed by atoms with van der Waals surface area (Å²) in [5.41, 5.74) is 7.49. The van der Waals surface area contributed by atoms with E-state index in [2.05, 4.69) is 25.9 Å². The number of nitrogens with one attached hydrogen (secondary N) is 3. The molecule has 0 aromatic rings. The zero-order valence-electron chi connectivity index (χ0n) is 16.8. The molecule has 1 rings (SSSR count). The largest absolute Gasteiger partial charge is 0.384 e. The monoisotopic (exact) mass is 378 g/mol. The topological polar surface area (TPSA) is 104 Å². The molecule has 8 heteroatoms. The maximum absolute atomic E-state index is 13.3. The molecule has 0 saturated carbocycles. The van der Waals surface area contributed by atoms with Crippen molar-refractivity contribution in [2.45, 2.75) is 33.2 Å². The van der Waals surface area contributed by atoms with Crippen molar-refractivity contribution in [3.8, 4) is 0 Å². The lowest BCUT2D eigenvalue weighted by molar-refractivity contribution is -0.114. The number of nitrogens with two attached hydrogens (primary N) is 1. The van der Waals surface area contributed by atoms with Crippen LogP contribution >= 0.6 is 0 Å². The van der Waals surface area contributed by atoms with E-state index in [1.54, 1.807) is 27.0 Å². The van der Waals surface area contributed by atoms with Gasteiger partial charge in [0.2, 0.25) is 0 Å². The number of nitrogens with zero attached hydrogens (tertiary/aromatic N) is 2. The number of amides is 1. The first-order valence-electron chi connectivity index (χ1n) is 9.03. The van der Waals surface area contributed by atoms with Crippen molar-refractivity contribution in [2.75, 3.05) is 27.2 Å². The molecule has 2 unspecified atom stereocenters. The Hall–Kier alpha value is -2.48. The van der Waals surface area contributed by atoms with E-state index in [1.165, 1.54) is 12.2 Å². The molecule has 150 valence electrons. The Balaban J connectivity index is 2.95. The Kier molecular flexibility index (Phi) is 9.42. The highest BCUT2D eigenvalue weighted by Gasteiger charge is 2.19. The van der Waals surface area contributed by atoms with Gasteiger partial charge < -0.3 is 21.7 Å². The van der Waals surface area contributed by atoms with Crippen LogP contribution in [-0.2, 0) is 4.79 Å². The molecule has 0 aliphatic heterocycles. The lowest BCUT2D eigenvalue weighted by atomic mass is 9.96. The first-order valence-corrected chi connectivity index (χ1v) is 9.03. The van der Waals surface area contributed by atoms with Crippen LogP contribution in [-0.4, -0.2) is 50.6 Å².